The van der Waals surface area contributed by atoms with Crippen LogP contribution in [0.1, 0.15) is 99.5 Å². The minimum atomic E-state index is -0.892. The molecular formula is C32H42O3. The first-order chi connectivity index (χ1) is 17.0. The van der Waals surface area contributed by atoms with Gasteiger partial charge in [-0.15, -0.1) is 0 Å². The van der Waals surface area contributed by atoms with E-state index < -0.39 is 5.97 Å². The Morgan fingerprint density at radius 1 is 0.943 bits per heavy atom. The van der Waals surface area contributed by atoms with E-state index in [1.54, 1.807) is 12.1 Å². The van der Waals surface area contributed by atoms with E-state index in [-0.39, 0.29) is 11.3 Å². The van der Waals surface area contributed by atoms with E-state index in [4.69, 9.17) is 4.74 Å². The number of rotatable bonds is 14. The second-order valence-corrected chi connectivity index (χ2v) is 10.0. The Kier molecular flexibility index (Phi) is 10.2. The first-order valence-corrected chi connectivity index (χ1v) is 13.4. The first kappa shape index (κ1) is 26.8. The topological polar surface area (TPSA) is 46.5 Å². The van der Waals surface area contributed by atoms with Crippen molar-refractivity contribution in [2.24, 2.45) is 5.92 Å². The lowest BCUT2D eigenvalue weighted by Gasteiger charge is -2.35. The van der Waals surface area contributed by atoms with Crippen LogP contribution in [-0.4, -0.2) is 17.7 Å². The van der Waals surface area contributed by atoms with Crippen LogP contribution in [0.5, 0.6) is 5.75 Å². The molecule has 1 N–H and O–H groups in total. The third kappa shape index (κ3) is 7.34. The van der Waals surface area contributed by atoms with Crippen molar-refractivity contribution in [1.82, 2.24) is 0 Å². The average Bonchev–Trinajstić information content (AvgIpc) is 2.89. The summed E-state index contributed by atoms with van der Waals surface area (Å²) < 4.78 is 6.36. The highest BCUT2D eigenvalue weighted by Crippen LogP contribution is 2.44. The third-order valence-electron chi connectivity index (χ3n) is 7.27. The van der Waals surface area contributed by atoms with E-state index >= 15 is 0 Å². The molecule has 2 aromatic rings. The number of hydrogen-bond donors (Lipinski definition) is 1. The van der Waals surface area contributed by atoms with Crippen LogP contribution in [0.25, 0.3) is 0 Å². The van der Waals surface area contributed by atoms with Crippen LogP contribution in [-0.2, 0) is 5.41 Å². The highest BCUT2D eigenvalue weighted by molar-refractivity contribution is 5.87. The molecule has 1 atom stereocenters. The van der Waals surface area contributed by atoms with E-state index in [0.29, 0.717) is 11.5 Å². The van der Waals surface area contributed by atoms with Crippen molar-refractivity contribution in [2.75, 3.05) is 6.61 Å². The lowest BCUT2D eigenvalue weighted by Crippen LogP contribution is -2.27. The Bertz CT molecular complexity index is 972. The Morgan fingerprint density at radius 2 is 1.60 bits per heavy atom. The van der Waals surface area contributed by atoms with Gasteiger partial charge in [0, 0.05) is 16.9 Å². The molecule has 1 unspecified atom stereocenters. The second kappa shape index (κ2) is 13.3. The zero-order valence-electron chi connectivity index (χ0n) is 21.7. The summed E-state index contributed by atoms with van der Waals surface area (Å²) >= 11 is 0. The molecule has 0 saturated carbocycles. The van der Waals surface area contributed by atoms with E-state index in [1.807, 2.05) is 12.1 Å². The number of benzene rings is 2. The zero-order chi connectivity index (χ0) is 25.1. The molecule has 3 rings (SSSR count). The molecular weight excluding hydrogens is 432 g/mol. The van der Waals surface area contributed by atoms with Crippen molar-refractivity contribution in [3.63, 3.8) is 0 Å². The Balaban J connectivity index is 1.78. The van der Waals surface area contributed by atoms with Crippen LogP contribution in [0.4, 0.5) is 0 Å². The molecule has 2 aromatic carbocycles. The minimum absolute atomic E-state index is 0.138. The number of para-hydroxylation sites is 1. The smallest absolute Gasteiger partial charge is 0.335 e. The van der Waals surface area contributed by atoms with Gasteiger partial charge in [-0.25, -0.2) is 4.79 Å². The maximum Gasteiger partial charge on any atom is 0.335 e. The quantitative estimate of drug-likeness (QED) is 0.220. The summed E-state index contributed by atoms with van der Waals surface area (Å²) in [6.45, 7) is 7.58. The van der Waals surface area contributed by atoms with Gasteiger partial charge in [-0.3, -0.25) is 0 Å². The van der Waals surface area contributed by atoms with Gasteiger partial charge in [-0.05, 0) is 42.5 Å². The van der Waals surface area contributed by atoms with Crippen molar-refractivity contribution in [1.29, 1.82) is 0 Å². The predicted molar refractivity (Wildman–Crippen MR) is 145 cm³/mol. The fourth-order valence-corrected chi connectivity index (χ4v) is 4.93. The number of hydrogen-bond acceptors (Lipinski definition) is 2. The molecule has 1 aliphatic carbocycles. The van der Waals surface area contributed by atoms with Crippen LogP contribution in [0.2, 0.25) is 0 Å². The molecule has 0 saturated heterocycles. The number of carboxylic acid groups (broad SMARTS) is 1. The molecule has 0 spiro atoms. The summed E-state index contributed by atoms with van der Waals surface area (Å²) in [4.78, 5) is 11.2. The fourth-order valence-electron chi connectivity index (χ4n) is 4.93. The van der Waals surface area contributed by atoms with Crippen LogP contribution < -0.4 is 4.74 Å². The molecule has 0 aliphatic heterocycles. The molecule has 0 fully saturated rings. The zero-order valence-corrected chi connectivity index (χ0v) is 21.7. The fraction of sp³-hybridized carbons (Fsp3) is 0.469. The molecule has 35 heavy (non-hydrogen) atoms. The van der Waals surface area contributed by atoms with Gasteiger partial charge in [0.15, 0.2) is 0 Å². The van der Waals surface area contributed by atoms with Gasteiger partial charge in [-0.2, -0.15) is 0 Å². The standard InChI is InChI=1S/C32H42O3/c1-4-6-7-8-9-12-23-35-30-14-11-10-13-29(30)32(24-25(3)5-2)21-19-27(20-22-32)26-15-17-28(18-16-26)31(33)34/h10-11,13-22,25,27H,4-9,12,23-24H2,1-3H3,(H,33,34). The molecule has 0 heterocycles. The van der Waals surface area contributed by atoms with Gasteiger partial charge in [0.1, 0.15) is 5.75 Å². The number of carboxylic acids is 1. The summed E-state index contributed by atoms with van der Waals surface area (Å²) in [5.74, 6) is 0.806. The van der Waals surface area contributed by atoms with Gasteiger partial charge < -0.3 is 9.84 Å². The van der Waals surface area contributed by atoms with E-state index in [0.717, 1.165) is 37.2 Å². The average molecular weight is 475 g/mol. The largest absolute Gasteiger partial charge is 0.493 e. The van der Waals surface area contributed by atoms with Gasteiger partial charge in [0.05, 0.1) is 12.2 Å². The lowest BCUT2D eigenvalue weighted by atomic mass is 9.69. The van der Waals surface area contributed by atoms with Crippen molar-refractivity contribution in [2.45, 2.75) is 83.5 Å². The van der Waals surface area contributed by atoms with Crippen LogP contribution in [0.15, 0.2) is 72.8 Å². The van der Waals surface area contributed by atoms with Crippen molar-refractivity contribution in [3.05, 3.63) is 89.5 Å². The van der Waals surface area contributed by atoms with Gasteiger partial charge in [-0.1, -0.05) is 114 Å². The Hall–Kier alpha value is -2.81. The Labute approximate surface area is 211 Å². The lowest BCUT2D eigenvalue weighted by molar-refractivity contribution is 0.0697. The molecule has 0 bridgehead atoms. The van der Waals surface area contributed by atoms with E-state index in [1.165, 1.54) is 37.7 Å². The number of aromatic carboxylic acids is 1. The van der Waals surface area contributed by atoms with E-state index in [9.17, 15) is 9.90 Å². The number of ether oxygens (including phenoxy) is 1. The molecule has 0 amide bonds. The highest BCUT2D eigenvalue weighted by atomic mass is 16.5. The van der Waals surface area contributed by atoms with Crippen LogP contribution in [0, 0.1) is 5.92 Å². The SMILES string of the molecule is CCCCCCCCOc1ccccc1C1(CC(C)CC)C=CC(c2ccc(C(=O)O)cc2)C=C1. The molecule has 188 valence electrons. The summed E-state index contributed by atoms with van der Waals surface area (Å²) in [5, 5.41) is 9.20. The molecule has 3 nitrogen and oxygen atoms in total. The molecule has 0 radical (unpaired) electrons. The predicted octanol–water partition coefficient (Wildman–Crippen LogP) is 8.71. The molecule has 3 heteroatoms. The van der Waals surface area contributed by atoms with E-state index in [2.05, 4.69) is 69.3 Å². The van der Waals surface area contributed by atoms with Gasteiger partial charge in [0.2, 0.25) is 0 Å². The normalized spacial score (nSPS) is 20.0. The van der Waals surface area contributed by atoms with Gasteiger partial charge in [0.25, 0.3) is 0 Å². The molecule has 1 aliphatic rings. The monoisotopic (exact) mass is 474 g/mol. The van der Waals surface area contributed by atoms with Crippen molar-refractivity contribution >= 4 is 5.97 Å². The second-order valence-electron chi connectivity index (χ2n) is 10.0. The number of allylic oxidation sites excluding steroid dienone is 4. The maximum absolute atomic E-state index is 11.2. The minimum Gasteiger partial charge on any atom is -0.493 e. The van der Waals surface area contributed by atoms with Crippen LogP contribution >= 0.6 is 0 Å². The summed E-state index contributed by atoms with van der Waals surface area (Å²) in [6, 6.07) is 15.7. The highest BCUT2D eigenvalue weighted by Gasteiger charge is 2.33. The van der Waals surface area contributed by atoms with Crippen LogP contribution in [0.3, 0.4) is 0 Å². The molecule has 0 aromatic heterocycles. The van der Waals surface area contributed by atoms with Crippen molar-refractivity contribution in [3.8, 4) is 5.75 Å². The van der Waals surface area contributed by atoms with Crippen molar-refractivity contribution < 1.29 is 14.6 Å². The third-order valence-corrected chi connectivity index (χ3v) is 7.27. The first-order valence-electron chi connectivity index (χ1n) is 13.4. The summed E-state index contributed by atoms with van der Waals surface area (Å²) in [5.41, 5.74) is 2.45. The maximum atomic E-state index is 11.2. The summed E-state index contributed by atoms with van der Waals surface area (Å²) in [6.07, 6.45) is 18.9. The van der Waals surface area contributed by atoms with Gasteiger partial charge >= 0.3 is 5.97 Å². The summed E-state index contributed by atoms with van der Waals surface area (Å²) in [7, 11) is 0. The number of carbonyl (C=O) groups is 1. The Morgan fingerprint density at radius 3 is 2.26 bits per heavy atom. The number of unbranched alkanes of at least 4 members (excludes halogenated alkanes) is 5.